The van der Waals surface area contributed by atoms with Crippen LogP contribution < -0.4 is 4.74 Å². The number of rotatable bonds is 18. The van der Waals surface area contributed by atoms with Crippen LogP contribution in [0.25, 0.3) is 22.3 Å². The first kappa shape index (κ1) is 42.1. The van der Waals surface area contributed by atoms with Crippen LogP contribution in [0.15, 0.2) is 164 Å². The Labute approximate surface area is 346 Å². The summed E-state index contributed by atoms with van der Waals surface area (Å²) in [7, 11) is 0. The largest absolute Gasteiger partial charge is 0.485 e. The third-order valence-electron chi connectivity index (χ3n) is 10.2. The van der Waals surface area contributed by atoms with Gasteiger partial charge in [-0.15, -0.1) is 0 Å². The minimum Gasteiger partial charge on any atom is -0.485 e. The first-order valence-electron chi connectivity index (χ1n) is 20.2. The Morgan fingerprint density at radius 3 is 1.68 bits per heavy atom. The summed E-state index contributed by atoms with van der Waals surface area (Å²) in [5.74, 6) is -1.77. The normalized spacial score (nSPS) is 17.5. The Hall–Kier alpha value is -6.54. The average Bonchev–Trinajstić information content (AvgIpc) is 3.58. The number of para-hydroxylation sites is 1. The molecule has 1 fully saturated rings. The highest BCUT2D eigenvalue weighted by atomic mass is 16.6. The molecule has 8 heteroatoms. The van der Waals surface area contributed by atoms with E-state index < -0.39 is 30.1 Å². The number of benzene rings is 5. The maximum atomic E-state index is 13.8. The topological polar surface area (TPSA) is 105 Å². The number of allylic oxidation sites excluding steroid dienone is 2. The van der Waals surface area contributed by atoms with Crippen molar-refractivity contribution in [2.45, 2.75) is 64.3 Å². The summed E-state index contributed by atoms with van der Waals surface area (Å²) >= 11 is 0. The third kappa shape index (κ3) is 12.5. The lowest BCUT2D eigenvalue weighted by atomic mass is 9.89. The van der Waals surface area contributed by atoms with Crippen LogP contribution >= 0.6 is 0 Å². The van der Waals surface area contributed by atoms with Gasteiger partial charge in [0.05, 0.1) is 17.2 Å². The molecule has 0 amide bonds. The van der Waals surface area contributed by atoms with Crippen molar-refractivity contribution in [3.63, 3.8) is 0 Å². The van der Waals surface area contributed by atoms with E-state index in [0.717, 1.165) is 22.3 Å². The molecule has 0 saturated heterocycles. The number of ether oxygens (including phenoxy) is 4. The Bertz CT molecular complexity index is 2180. The highest BCUT2D eigenvalue weighted by Gasteiger charge is 2.46. The van der Waals surface area contributed by atoms with Crippen LogP contribution in [0.1, 0.15) is 66.7 Å². The molecule has 4 atom stereocenters. The fraction of sp³-hybridized carbons (Fsp3) is 0.255. The van der Waals surface area contributed by atoms with E-state index in [9.17, 15) is 19.2 Å². The predicted octanol–water partition coefficient (Wildman–Crippen LogP) is 10.7. The minimum absolute atomic E-state index is 0.167. The zero-order valence-electron chi connectivity index (χ0n) is 33.5. The van der Waals surface area contributed by atoms with E-state index in [1.807, 2.05) is 129 Å². The van der Waals surface area contributed by atoms with Crippen molar-refractivity contribution in [2.75, 3.05) is 6.61 Å². The van der Waals surface area contributed by atoms with E-state index in [4.69, 9.17) is 18.9 Å². The summed E-state index contributed by atoms with van der Waals surface area (Å²) in [6.45, 7) is 3.47. The monoisotopic (exact) mass is 790 g/mol. The summed E-state index contributed by atoms with van der Waals surface area (Å²) in [5.41, 5.74) is 4.77. The van der Waals surface area contributed by atoms with Crippen molar-refractivity contribution in [2.24, 2.45) is 11.8 Å². The molecule has 5 aromatic carbocycles. The van der Waals surface area contributed by atoms with Crippen LogP contribution in [0.4, 0.5) is 0 Å². The molecule has 0 aromatic heterocycles. The minimum atomic E-state index is -0.710. The molecule has 0 aliphatic heterocycles. The zero-order chi connectivity index (χ0) is 41.4. The molecular formula is C51H50O8. The number of unbranched alkanes of at least 4 members (excludes halogenated alkanes) is 1. The molecule has 0 bridgehead atoms. The summed E-state index contributed by atoms with van der Waals surface area (Å²) in [5, 5.41) is 0. The number of carbonyl (C=O) groups excluding carboxylic acids is 4. The van der Waals surface area contributed by atoms with Gasteiger partial charge >= 0.3 is 17.9 Å². The maximum Gasteiger partial charge on any atom is 0.338 e. The second-order valence-corrected chi connectivity index (χ2v) is 14.8. The number of hydrogen-bond donors (Lipinski definition) is 0. The number of esters is 3. The highest BCUT2D eigenvalue weighted by Crippen LogP contribution is 2.41. The fourth-order valence-corrected chi connectivity index (χ4v) is 7.19. The lowest BCUT2D eigenvalue weighted by Crippen LogP contribution is -2.26. The molecule has 302 valence electrons. The zero-order valence-corrected chi connectivity index (χ0v) is 33.5. The Kier molecular flexibility index (Phi) is 15.2. The number of ketones is 1. The fourth-order valence-electron chi connectivity index (χ4n) is 7.19. The van der Waals surface area contributed by atoms with Crippen molar-refractivity contribution in [1.29, 1.82) is 0 Å². The van der Waals surface area contributed by atoms with Crippen LogP contribution in [-0.2, 0) is 23.8 Å². The molecule has 1 saturated carbocycles. The van der Waals surface area contributed by atoms with E-state index in [1.54, 1.807) is 42.5 Å². The smallest absolute Gasteiger partial charge is 0.338 e. The molecule has 1 aliphatic rings. The maximum absolute atomic E-state index is 13.8. The summed E-state index contributed by atoms with van der Waals surface area (Å²) in [4.78, 5) is 52.7. The summed E-state index contributed by atoms with van der Waals surface area (Å²) in [6, 6.07) is 43.4. The summed E-state index contributed by atoms with van der Waals surface area (Å²) < 4.78 is 23.5. The van der Waals surface area contributed by atoms with Crippen molar-refractivity contribution < 1.29 is 38.1 Å². The molecule has 1 aliphatic carbocycles. The van der Waals surface area contributed by atoms with E-state index in [0.29, 0.717) is 42.6 Å². The molecule has 8 nitrogen and oxygen atoms in total. The summed E-state index contributed by atoms with van der Waals surface area (Å²) in [6.07, 6.45) is 7.95. The standard InChI is InChI=1S/C51H50O8/c1-36(2)57-49(53)23-15-4-3-14-22-45-46(33-32-43(52)35-56-44-20-12-7-13-21-44)48(59-51(55)42-30-26-40(27-31-42)38-18-10-6-11-19-38)34-47(45)58-50(54)41-28-24-39(25-29-41)37-16-8-5-9-17-37/h3,5-14,16-21,24-33,36,45-48H,4,15,22-23,34-35H2,1-2H3/b14-3-,33-32+/t45-,46-,47+,48-/m1/s1. The molecule has 0 N–H and O–H groups in total. The van der Waals surface area contributed by atoms with E-state index in [1.165, 1.54) is 6.08 Å². The van der Waals surface area contributed by atoms with Gasteiger partial charge in [0.2, 0.25) is 0 Å². The van der Waals surface area contributed by atoms with Gasteiger partial charge < -0.3 is 18.9 Å². The Morgan fingerprint density at radius 1 is 0.627 bits per heavy atom. The van der Waals surface area contributed by atoms with Crippen molar-refractivity contribution in [1.82, 2.24) is 0 Å². The Balaban J connectivity index is 1.23. The molecule has 0 radical (unpaired) electrons. The first-order valence-corrected chi connectivity index (χ1v) is 20.2. The SMILES string of the molecule is CC(C)OC(=O)CCC/C=C\C[C@@H]1[C@@H](/C=C/C(=O)COc2ccccc2)[C@H](OC(=O)c2ccc(-c3ccccc3)cc2)C[C@@H]1OC(=O)c1ccc(-c2ccccc2)cc1. The van der Waals surface area contributed by atoms with Crippen LogP contribution in [-0.4, -0.2) is 48.6 Å². The quantitative estimate of drug-likeness (QED) is 0.0284. The van der Waals surface area contributed by atoms with Gasteiger partial charge in [-0.05, 0) is 97.8 Å². The van der Waals surface area contributed by atoms with Gasteiger partial charge in [0.15, 0.2) is 12.4 Å². The van der Waals surface area contributed by atoms with Gasteiger partial charge in [-0.1, -0.05) is 121 Å². The van der Waals surface area contributed by atoms with Gasteiger partial charge in [0, 0.05) is 24.7 Å². The number of carbonyl (C=O) groups is 4. The lowest BCUT2D eigenvalue weighted by molar-refractivity contribution is -0.147. The van der Waals surface area contributed by atoms with Crippen LogP contribution in [0.2, 0.25) is 0 Å². The molecule has 0 unspecified atom stereocenters. The first-order chi connectivity index (χ1) is 28.7. The molecule has 5 aromatic rings. The third-order valence-corrected chi connectivity index (χ3v) is 10.2. The second-order valence-electron chi connectivity index (χ2n) is 14.8. The van der Waals surface area contributed by atoms with Crippen molar-refractivity contribution in [3.8, 4) is 28.0 Å². The predicted molar refractivity (Wildman–Crippen MR) is 229 cm³/mol. The molecule has 0 spiro atoms. The molecular weight excluding hydrogens is 741 g/mol. The van der Waals surface area contributed by atoms with Crippen molar-refractivity contribution >= 4 is 23.7 Å². The molecule has 59 heavy (non-hydrogen) atoms. The van der Waals surface area contributed by atoms with Gasteiger partial charge in [-0.2, -0.15) is 0 Å². The van der Waals surface area contributed by atoms with Gasteiger partial charge in [0.1, 0.15) is 18.0 Å². The van der Waals surface area contributed by atoms with Crippen LogP contribution in [0.3, 0.4) is 0 Å². The lowest BCUT2D eigenvalue weighted by Gasteiger charge is -2.23. The van der Waals surface area contributed by atoms with E-state index in [2.05, 4.69) is 0 Å². The van der Waals surface area contributed by atoms with E-state index >= 15 is 0 Å². The molecule has 6 rings (SSSR count). The van der Waals surface area contributed by atoms with Gasteiger partial charge in [-0.25, -0.2) is 9.59 Å². The Morgan fingerprint density at radius 2 is 1.14 bits per heavy atom. The average molecular weight is 791 g/mol. The van der Waals surface area contributed by atoms with Crippen LogP contribution in [0.5, 0.6) is 5.75 Å². The highest BCUT2D eigenvalue weighted by molar-refractivity contribution is 5.92. The van der Waals surface area contributed by atoms with E-state index in [-0.39, 0.29) is 36.8 Å². The number of hydrogen-bond acceptors (Lipinski definition) is 8. The van der Waals surface area contributed by atoms with Crippen molar-refractivity contribution in [3.05, 3.63) is 175 Å². The second kappa shape index (κ2) is 21.3. The van der Waals surface area contributed by atoms with Gasteiger partial charge in [0.25, 0.3) is 0 Å². The van der Waals surface area contributed by atoms with Gasteiger partial charge in [-0.3, -0.25) is 9.59 Å². The molecule has 0 heterocycles. The van der Waals surface area contributed by atoms with Crippen LogP contribution in [0, 0.1) is 11.8 Å².